The minimum absolute atomic E-state index is 0.105. The van der Waals surface area contributed by atoms with E-state index in [0.717, 1.165) is 0 Å². The predicted molar refractivity (Wildman–Crippen MR) is 342 cm³/mol. The van der Waals surface area contributed by atoms with Crippen LogP contribution in [0.3, 0.4) is 0 Å². The molecule has 0 saturated carbocycles. The summed E-state index contributed by atoms with van der Waals surface area (Å²) in [6.45, 7) is 9.09. The second-order valence-electron chi connectivity index (χ2n) is 21.0. The molecule has 0 bridgehead atoms. The molecule has 6 aromatic rings. The van der Waals surface area contributed by atoms with Crippen LogP contribution in [0.15, 0.2) is 82.4 Å². The Balaban J connectivity index is 0.593. The number of furan rings is 1. The zero-order valence-electron chi connectivity index (χ0n) is 53.5. The number of aromatic nitrogens is 5. The molecule has 520 valence electrons. The summed E-state index contributed by atoms with van der Waals surface area (Å²) in [4.78, 5) is 82.9. The van der Waals surface area contributed by atoms with E-state index in [1.807, 2.05) is 11.5 Å². The SMILES string of the molecule is COc1ccc(-c2ccc(CNC(=O)COCCOCCOCCOCCOCCOCCn3cc(COCCOCCOCCOCCNC(=O)CCSc4cc(O)n(CCCC(=O)NN)c4O)nn3)o2)c2[nH]cc(C(=O)C(=O)N3CCN(C(=O)c4ccccc4)CC3)c12. The number of Topliss-reactive ketones (excluding diaryl/α,β-unsaturated/α-hetero) is 1. The summed E-state index contributed by atoms with van der Waals surface area (Å²) < 4.78 is 70.2. The molecule has 1 aliphatic heterocycles. The van der Waals surface area contributed by atoms with Crippen molar-refractivity contribution in [3.63, 3.8) is 0 Å². The molecule has 0 atom stereocenters. The number of nitrogens with two attached hydrogens (primary N) is 1. The highest BCUT2D eigenvalue weighted by atomic mass is 32.2. The fourth-order valence-electron chi connectivity index (χ4n) is 9.44. The third-order valence-corrected chi connectivity index (χ3v) is 15.4. The van der Waals surface area contributed by atoms with Gasteiger partial charge in [-0.3, -0.25) is 38.8 Å². The number of rotatable bonds is 49. The number of aromatic amines is 1. The number of piperazine rings is 1. The molecule has 0 spiro atoms. The number of carbonyl (C=O) groups excluding carboxylic acids is 6. The first-order chi connectivity index (χ1) is 46.4. The first-order valence-electron chi connectivity index (χ1n) is 31.3. The van der Waals surface area contributed by atoms with E-state index < -0.39 is 11.7 Å². The number of hydrogen-bond acceptors (Lipinski definition) is 24. The first-order valence-corrected chi connectivity index (χ1v) is 32.3. The molecule has 0 aliphatic carbocycles. The summed E-state index contributed by atoms with van der Waals surface area (Å²) in [6.07, 6.45) is 4.03. The molecule has 0 radical (unpaired) electrons. The number of methoxy groups -OCH3 is 1. The Morgan fingerprint density at radius 1 is 0.663 bits per heavy atom. The van der Waals surface area contributed by atoms with Gasteiger partial charge in [-0.15, -0.1) is 16.9 Å². The Bertz CT molecular complexity index is 3280. The van der Waals surface area contributed by atoms with Crippen LogP contribution in [0.25, 0.3) is 22.2 Å². The van der Waals surface area contributed by atoms with Gasteiger partial charge in [0.1, 0.15) is 29.6 Å². The molecule has 1 fully saturated rings. The molecule has 95 heavy (non-hydrogen) atoms. The number of aromatic hydroxyl groups is 2. The summed E-state index contributed by atoms with van der Waals surface area (Å²) in [5.41, 5.74) is 4.60. The van der Waals surface area contributed by atoms with Gasteiger partial charge in [0.2, 0.25) is 23.6 Å². The van der Waals surface area contributed by atoms with Gasteiger partial charge in [-0.05, 0) is 42.8 Å². The van der Waals surface area contributed by atoms with E-state index in [0.29, 0.717) is 201 Å². The minimum atomic E-state index is -0.700. The van der Waals surface area contributed by atoms with Crippen LogP contribution in [0.1, 0.15) is 51.4 Å². The van der Waals surface area contributed by atoms with Crippen LogP contribution in [-0.4, -0.2) is 251 Å². The monoisotopic (exact) mass is 1350 g/mol. The maximum Gasteiger partial charge on any atom is 0.295 e. The van der Waals surface area contributed by atoms with Crippen molar-refractivity contribution in [1.82, 2.24) is 50.4 Å². The lowest BCUT2D eigenvalue weighted by Crippen LogP contribution is -2.52. The topological polar surface area (TPSA) is 378 Å². The molecule has 5 amide bonds. The summed E-state index contributed by atoms with van der Waals surface area (Å²) in [6, 6.07) is 17.3. The summed E-state index contributed by atoms with van der Waals surface area (Å²) >= 11 is 1.24. The van der Waals surface area contributed by atoms with Gasteiger partial charge in [0.05, 0.1) is 173 Å². The Morgan fingerprint density at radius 2 is 1.27 bits per heavy atom. The largest absolute Gasteiger partial charge is 0.496 e. The van der Waals surface area contributed by atoms with Crippen molar-refractivity contribution in [2.24, 2.45) is 5.84 Å². The molecule has 7 rings (SSSR count). The highest BCUT2D eigenvalue weighted by Crippen LogP contribution is 2.38. The standard InChI is InChI=1S/C63H87N11O20S/c1-83-52-12-10-49(59-58(52)50(42-67-59)60(79)63(82)72-18-16-71(17-19-72)61(80)46-6-3-2-4-7-46)51-11-9-48(94-51)41-66-56(77)45-93-38-36-91-34-32-89-30-29-88-28-27-87-26-24-85-22-20-73-43-47(69-70-73)44-92-37-35-90-33-31-86-25-23-84-21-14-65-54(75)13-39-95-53-40-57(78)74(62(53)81)15-5-8-55(76)68-64/h2-4,6-7,9-12,40,42-43,67,78,81H,5,8,13-39,41,44-45,64H2,1H3,(H,65,75)(H,66,77)(H,68,76). The van der Waals surface area contributed by atoms with Gasteiger partial charge >= 0.3 is 0 Å². The van der Waals surface area contributed by atoms with E-state index in [4.69, 9.17) is 62.4 Å². The molecule has 32 heteroatoms. The fraction of sp³-hybridized carbons (Fsp3) is 0.524. The molecule has 8 N–H and O–H groups in total. The van der Waals surface area contributed by atoms with E-state index >= 15 is 0 Å². The Hall–Kier alpha value is -7.99. The average Bonchev–Trinajstić information content (AvgIpc) is 1.64. The number of carbonyl (C=O) groups is 6. The van der Waals surface area contributed by atoms with Crippen LogP contribution in [0, 0.1) is 0 Å². The zero-order chi connectivity index (χ0) is 67.2. The molecule has 31 nitrogen and oxygen atoms in total. The van der Waals surface area contributed by atoms with Crippen LogP contribution in [0.2, 0.25) is 0 Å². The summed E-state index contributed by atoms with van der Waals surface area (Å²) in [5, 5.41) is 34.7. The third kappa shape index (κ3) is 25.6. The van der Waals surface area contributed by atoms with Crippen molar-refractivity contribution in [3.05, 3.63) is 95.6 Å². The highest BCUT2D eigenvalue weighted by molar-refractivity contribution is 7.99. The molecule has 1 saturated heterocycles. The van der Waals surface area contributed by atoms with Crippen molar-refractivity contribution >= 4 is 58.0 Å². The number of benzene rings is 2. The van der Waals surface area contributed by atoms with Gasteiger partial charge in [-0.25, -0.2) is 10.5 Å². The highest BCUT2D eigenvalue weighted by Gasteiger charge is 2.32. The number of amides is 5. The minimum Gasteiger partial charge on any atom is -0.496 e. The van der Waals surface area contributed by atoms with Crippen LogP contribution >= 0.6 is 11.8 Å². The van der Waals surface area contributed by atoms with Gasteiger partial charge in [0.15, 0.2) is 5.88 Å². The normalized spacial score (nSPS) is 12.4. The molecular formula is C63H87N11O20S. The Labute approximate surface area is 553 Å². The summed E-state index contributed by atoms with van der Waals surface area (Å²) in [7, 11) is 1.48. The quantitative estimate of drug-likeness (QED) is 0.00548. The van der Waals surface area contributed by atoms with Gasteiger partial charge in [-0.2, -0.15) is 0 Å². The number of ether oxygens (including phenoxy) is 11. The maximum absolute atomic E-state index is 13.7. The maximum atomic E-state index is 13.7. The Kier molecular flexibility index (Phi) is 33.2. The molecule has 2 aromatic carbocycles. The van der Waals surface area contributed by atoms with Crippen LogP contribution in [0.5, 0.6) is 17.5 Å². The first kappa shape index (κ1) is 74.4. The predicted octanol–water partition coefficient (Wildman–Crippen LogP) is 2.46. The van der Waals surface area contributed by atoms with Crippen LogP contribution in [-0.2, 0) is 92.8 Å². The van der Waals surface area contributed by atoms with Crippen molar-refractivity contribution < 1.29 is 95.5 Å². The number of hydrogen-bond donors (Lipinski definition) is 7. The average molecular weight is 1350 g/mol. The van der Waals surface area contributed by atoms with Gasteiger partial charge in [0, 0.05) is 81.3 Å². The summed E-state index contributed by atoms with van der Waals surface area (Å²) in [5.74, 6) is 4.23. The number of H-pyrrole nitrogens is 1. The second-order valence-corrected chi connectivity index (χ2v) is 22.2. The number of nitrogens with zero attached hydrogens (tertiary/aromatic N) is 6. The van der Waals surface area contributed by atoms with Gasteiger partial charge in [0.25, 0.3) is 17.6 Å². The molecule has 4 aromatic heterocycles. The lowest BCUT2D eigenvalue weighted by molar-refractivity contribution is -0.128. The second kappa shape index (κ2) is 42.4. The van der Waals surface area contributed by atoms with E-state index in [1.165, 1.54) is 40.6 Å². The molecule has 0 unspecified atom stereocenters. The number of thioether (sulfide) groups is 1. The van der Waals surface area contributed by atoms with Crippen molar-refractivity contribution in [2.75, 3.05) is 171 Å². The van der Waals surface area contributed by atoms with E-state index in [9.17, 15) is 39.0 Å². The lowest BCUT2D eigenvalue weighted by Gasteiger charge is -2.34. The number of nitrogens with one attached hydrogen (secondary N) is 4. The van der Waals surface area contributed by atoms with Crippen molar-refractivity contribution in [2.45, 2.75) is 50.4 Å². The van der Waals surface area contributed by atoms with E-state index in [-0.39, 0.29) is 99.8 Å². The number of fused-ring (bicyclic) bond motifs is 1. The van der Waals surface area contributed by atoms with Gasteiger partial charge in [-0.1, -0.05) is 23.4 Å². The number of hydrazine groups is 1. The van der Waals surface area contributed by atoms with Crippen LogP contribution < -0.4 is 26.6 Å². The fourth-order valence-corrected chi connectivity index (χ4v) is 10.4. The van der Waals surface area contributed by atoms with Crippen LogP contribution in [0.4, 0.5) is 0 Å². The Morgan fingerprint density at radius 3 is 1.92 bits per heavy atom. The van der Waals surface area contributed by atoms with E-state index in [2.05, 4.69) is 25.9 Å². The zero-order valence-corrected chi connectivity index (χ0v) is 54.3. The van der Waals surface area contributed by atoms with E-state index in [1.54, 1.807) is 64.3 Å². The molecule has 1 aliphatic rings. The van der Waals surface area contributed by atoms with Crippen molar-refractivity contribution in [1.29, 1.82) is 0 Å². The lowest BCUT2D eigenvalue weighted by atomic mass is 10.0. The number of ketones is 1. The van der Waals surface area contributed by atoms with Gasteiger partial charge < -0.3 is 92.2 Å². The van der Waals surface area contributed by atoms with Crippen molar-refractivity contribution in [3.8, 4) is 28.8 Å². The molecule has 5 heterocycles. The third-order valence-electron chi connectivity index (χ3n) is 14.3. The molecular weight excluding hydrogens is 1260 g/mol. The smallest absolute Gasteiger partial charge is 0.295 e.